The number of rotatable bonds is 11. The summed E-state index contributed by atoms with van der Waals surface area (Å²) in [4.78, 5) is 25.6. The van der Waals surface area contributed by atoms with Gasteiger partial charge in [-0.25, -0.2) is 0 Å². The molecule has 2 amide bonds. The number of nitrogens with one attached hydrogen (secondary N) is 4. The topological polar surface area (TPSA) is 152 Å². The highest BCUT2D eigenvalue weighted by Crippen LogP contribution is 2.33. The molecule has 1 heterocycles. The SMILES string of the molecule is C=C(C)/C(C(=O)NCC(O)CN(O)c1ccccc1NN)=C(/C)NC/C(C)=C1\C(=O)Nc2ccc(P)cc21. The highest BCUT2D eigenvalue weighted by Gasteiger charge is 2.26. The predicted octanol–water partition coefficient (Wildman–Crippen LogP) is 2.01. The summed E-state index contributed by atoms with van der Waals surface area (Å²) in [6.07, 6.45) is -1.07. The Kier molecular flexibility index (Phi) is 9.66. The van der Waals surface area contributed by atoms with Crippen LogP contribution in [0, 0.1) is 0 Å². The number of aliphatic hydroxyl groups is 1. The maximum Gasteiger partial charge on any atom is 0.256 e. The molecule has 0 spiro atoms. The number of para-hydroxylation sites is 2. The summed E-state index contributed by atoms with van der Waals surface area (Å²) < 4.78 is 0. The van der Waals surface area contributed by atoms with Gasteiger partial charge in [-0.2, -0.15) is 0 Å². The fourth-order valence-electron chi connectivity index (χ4n) is 4.22. The molecule has 3 rings (SSSR count). The van der Waals surface area contributed by atoms with Crippen LogP contribution >= 0.6 is 9.24 Å². The summed E-state index contributed by atoms with van der Waals surface area (Å²) in [5, 5.41) is 31.4. The Labute approximate surface area is 224 Å². The molecule has 0 aromatic heterocycles. The van der Waals surface area contributed by atoms with Gasteiger partial charge < -0.3 is 26.5 Å². The van der Waals surface area contributed by atoms with Crippen molar-refractivity contribution < 1.29 is 19.9 Å². The number of hydrazine groups is 1. The van der Waals surface area contributed by atoms with Crippen molar-refractivity contribution in [1.82, 2.24) is 10.6 Å². The summed E-state index contributed by atoms with van der Waals surface area (Å²) >= 11 is 0. The third-order valence-electron chi connectivity index (χ3n) is 6.08. The van der Waals surface area contributed by atoms with E-state index in [0.717, 1.165) is 27.2 Å². The van der Waals surface area contributed by atoms with Crippen molar-refractivity contribution >= 4 is 49.0 Å². The minimum Gasteiger partial charge on any atom is -0.389 e. The molecule has 1 aliphatic rings. The lowest BCUT2D eigenvalue weighted by molar-refractivity contribution is -0.117. The molecule has 2 unspecified atom stereocenters. The van der Waals surface area contributed by atoms with Crippen LogP contribution in [0.3, 0.4) is 0 Å². The normalized spacial score (nSPS) is 15.1. The summed E-state index contributed by atoms with van der Waals surface area (Å²) in [5.41, 5.74) is 7.86. The molecule has 0 saturated heterocycles. The number of hydrogen-bond acceptors (Lipinski definition) is 8. The van der Waals surface area contributed by atoms with Crippen molar-refractivity contribution in [3.8, 4) is 0 Å². The Morgan fingerprint density at radius 1 is 1.18 bits per heavy atom. The van der Waals surface area contributed by atoms with Gasteiger partial charge in [0.2, 0.25) is 0 Å². The number of benzene rings is 2. The smallest absolute Gasteiger partial charge is 0.256 e. The van der Waals surface area contributed by atoms with E-state index in [1.165, 1.54) is 0 Å². The number of anilines is 3. The first kappa shape index (κ1) is 28.9. The van der Waals surface area contributed by atoms with Crippen LogP contribution in [0.15, 0.2) is 71.5 Å². The molecule has 202 valence electrons. The average Bonchev–Trinajstić information content (AvgIpc) is 3.20. The Bertz CT molecular complexity index is 1310. The highest BCUT2D eigenvalue weighted by molar-refractivity contribution is 7.27. The van der Waals surface area contributed by atoms with Gasteiger partial charge >= 0.3 is 0 Å². The Morgan fingerprint density at radius 3 is 2.58 bits per heavy atom. The van der Waals surface area contributed by atoms with Crippen molar-refractivity contribution in [2.75, 3.05) is 35.4 Å². The molecule has 0 saturated carbocycles. The van der Waals surface area contributed by atoms with Crippen LogP contribution in [0.25, 0.3) is 5.57 Å². The highest BCUT2D eigenvalue weighted by atomic mass is 31.0. The molecule has 10 nitrogen and oxygen atoms in total. The zero-order valence-corrected chi connectivity index (χ0v) is 22.9. The van der Waals surface area contributed by atoms with E-state index < -0.39 is 12.0 Å². The summed E-state index contributed by atoms with van der Waals surface area (Å²) in [7, 11) is 2.63. The molecule has 0 aliphatic carbocycles. The molecule has 2 aromatic rings. The third kappa shape index (κ3) is 6.79. The molecule has 11 heteroatoms. The molecular weight excluding hydrogens is 503 g/mol. The van der Waals surface area contributed by atoms with Crippen molar-refractivity contribution in [1.29, 1.82) is 0 Å². The molecule has 38 heavy (non-hydrogen) atoms. The second-order valence-corrected chi connectivity index (χ2v) is 9.82. The first-order valence-electron chi connectivity index (χ1n) is 12.0. The van der Waals surface area contributed by atoms with E-state index in [-0.39, 0.29) is 19.0 Å². The standard InChI is InChI=1S/C27H35N6O4P/c1-15(2)24(26(35)30-13-18(34)14-33(37)23-8-6-5-7-22(23)32-28)17(4)29-12-16(3)25-20-11-19(38)9-10-21(20)31-27(25)36/h5-11,18,29,32,34,37H,1,12-14,28,38H2,2-4H3,(H,30,35)(H,31,36)/b24-17+,25-16-. The number of aliphatic hydroxyl groups excluding tert-OH is 1. The lowest BCUT2D eigenvalue weighted by atomic mass is 10.0. The molecule has 0 fully saturated rings. The van der Waals surface area contributed by atoms with Gasteiger partial charge in [-0.05, 0) is 61.5 Å². The summed E-state index contributed by atoms with van der Waals surface area (Å²) in [5.74, 6) is 4.89. The quantitative estimate of drug-likeness (QED) is 0.0755. The number of carbonyl (C=O) groups excluding carboxylic acids is 2. The van der Waals surface area contributed by atoms with E-state index in [2.05, 4.69) is 37.2 Å². The fourth-order valence-corrected chi connectivity index (χ4v) is 4.48. The van der Waals surface area contributed by atoms with Gasteiger partial charge in [-0.3, -0.25) is 25.7 Å². The molecule has 8 N–H and O–H groups in total. The maximum absolute atomic E-state index is 13.0. The number of nitrogens with zero attached hydrogens (tertiary/aromatic N) is 1. The number of amides is 2. The van der Waals surface area contributed by atoms with Crippen molar-refractivity contribution in [2.24, 2.45) is 5.84 Å². The van der Waals surface area contributed by atoms with Crippen LogP contribution < -0.4 is 37.6 Å². The number of hydrogen-bond donors (Lipinski definition) is 7. The van der Waals surface area contributed by atoms with E-state index in [0.29, 0.717) is 40.3 Å². The number of allylic oxidation sites excluding steroid dienone is 1. The van der Waals surface area contributed by atoms with Gasteiger partial charge in [0.05, 0.1) is 29.6 Å². The lowest BCUT2D eigenvalue weighted by Gasteiger charge is -2.23. The largest absolute Gasteiger partial charge is 0.389 e. The summed E-state index contributed by atoms with van der Waals surface area (Å²) in [6.45, 7) is 9.35. The van der Waals surface area contributed by atoms with Crippen LogP contribution in [0.4, 0.5) is 17.1 Å². The van der Waals surface area contributed by atoms with E-state index in [9.17, 15) is 19.9 Å². The summed E-state index contributed by atoms with van der Waals surface area (Å²) in [6, 6.07) is 12.5. The zero-order chi connectivity index (χ0) is 28.0. The van der Waals surface area contributed by atoms with Crippen LogP contribution in [0.1, 0.15) is 26.3 Å². The van der Waals surface area contributed by atoms with Crippen LogP contribution in [0.5, 0.6) is 0 Å². The van der Waals surface area contributed by atoms with Gasteiger partial charge in [0.1, 0.15) is 0 Å². The number of nitrogens with two attached hydrogens (primary N) is 1. The van der Waals surface area contributed by atoms with E-state index in [1.54, 1.807) is 38.1 Å². The Morgan fingerprint density at radius 2 is 1.89 bits per heavy atom. The third-order valence-corrected chi connectivity index (χ3v) is 6.44. The first-order valence-corrected chi connectivity index (χ1v) is 12.6. The maximum atomic E-state index is 13.0. The Balaban J connectivity index is 1.65. The van der Waals surface area contributed by atoms with Crippen molar-refractivity contribution in [3.63, 3.8) is 0 Å². The number of fused-ring (bicyclic) bond motifs is 1. The van der Waals surface area contributed by atoms with E-state index in [4.69, 9.17) is 5.84 Å². The molecule has 2 aromatic carbocycles. The van der Waals surface area contributed by atoms with E-state index in [1.807, 2.05) is 25.1 Å². The number of nitrogen functional groups attached to an aromatic ring is 1. The second-order valence-electron chi connectivity index (χ2n) is 9.16. The van der Waals surface area contributed by atoms with Crippen LogP contribution in [-0.4, -0.2) is 47.9 Å². The lowest BCUT2D eigenvalue weighted by Crippen LogP contribution is -2.40. The van der Waals surface area contributed by atoms with Crippen LogP contribution in [-0.2, 0) is 9.59 Å². The monoisotopic (exact) mass is 538 g/mol. The van der Waals surface area contributed by atoms with Crippen molar-refractivity contribution in [2.45, 2.75) is 26.9 Å². The van der Waals surface area contributed by atoms with Crippen LogP contribution in [0.2, 0.25) is 0 Å². The van der Waals surface area contributed by atoms with E-state index >= 15 is 0 Å². The minimum absolute atomic E-state index is 0.102. The number of hydroxylamine groups is 1. The molecular formula is C27H35N6O4P. The fraction of sp³-hybridized carbons (Fsp3) is 0.259. The molecule has 1 aliphatic heterocycles. The van der Waals surface area contributed by atoms with Gasteiger partial charge in [-0.15, -0.1) is 9.24 Å². The van der Waals surface area contributed by atoms with Gasteiger partial charge in [0.25, 0.3) is 11.8 Å². The molecule has 2 atom stereocenters. The predicted molar refractivity (Wildman–Crippen MR) is 155 cm³/mol. The van der Waals surface area contributed by atoms with Crippen molar-refractivity contribution in [3.05, 3.63) is 77.0 Å². The Hall–Kier alpha value is -3.69. The van der Waals surface area contributed by atoms with Gasteiger partial charge in [0.15, 0.2) is 0 Å². The molecule has 0 bridgehead atoms. The van der Waals surface area contributed by atoms with Gasteiger partial charge in [0, 0.05) is 35.6 Å². The number of carbonyl (C=O) groups is 2. The second kappa shape index (κ2) is 12.7. The first-order chi connectivity index (χ1) is 18.0. The zero-order valence-electron chi connectivity index (χ0n) is 21.8. The van der Waals surface area contributed by atoms with Gasteiger partial charge in [-0.1, -0.05) is 24.8 Å². The molecule has 0 radical (unpaired) electrons. The average molecular weight is 539 g/mol. The minimum atomic E-state index is -1.07.